The van der Waals surface area contributed by atoms with Crippen molar-refractivity contribution in [2.75, 3.05) is 24.5 Å². The number of fused-ring (bicyclic) bond motifs is 2. The summed E-state index contributed by atoms with van der Waals surface area (Å²) < 4.78 is 0. The molecule has 134 valence electrons. The minimum atomic E-state index is -0.131. The number of piperazine rings is 1. The predicted octanol–water partition coefficient (Wildman–Crippen LogP) is 2.95. The molecule has 0 bridgehead atoms. The first-order chi connectivity index (χ1) is 13.2. The molecular weight excluding hydrogens is 338 g/mol. The van der Waals surface area contributed by atoms with Crippen molar-refractivity contribution in [3.05, 3.63) is 71.2 Å². The molecule has 0 saturated carbocycles. The number of H-pyrrole nitrogens is 2. The quantitative estimate of drug-likeness (QED) is 0.515. The molecule has 3 heterocycles. The number of nitrogens with one attached hydrogen (secondary N) is 3. The van der Waals surface area contributed by atoms with Crippen molar-refractivity contribution in [2.45, 2.75) is 0 Å². The van der Waals surface area contributed by atoms with Crippen LogP contribution in [0.1, 0.15) is 0 Å². The van der Waals surface area contributed by atoms with Gasteiger partial charge in [0.2, 0.25) is 0 Å². The van der Waals surface area contributed by atoms with E-state index in [4.69, 9.17) is 4.98 Å². The number of nitrogens with zero attached hydrogens (tertiary/aromatic N) is 2. The lowest BCUT2D eigenvalue weighted by molar-refractivity contribution is 0.663. The Morgan fingerprint density at radius 1 is 1.07 bits per heavy atom. The zero-order valence-electron chi connectivity index (χ0n) is 14.7. The number of hydrogen-bond acceptors (Lipinski definition) is 4. The Morgan fingerprint density at radius 3 is 2.85 bits per heavy atom. The van der Waals surface area contributed by atoms with Gasteiger partial charge in [-0.25, -0.2) is 4.98 Å². The second kappa shape index (κ2) is 6.02. The summed E-state index contributed by atoms with van der Waals surface area (Å²) in [4.78, 5) is 25.7. The lowest BCUT2D eigenvalue weighted by atomic mass is 10.1. The van der Waals surface area contributed by atoms with Gasteiger partial charge in [0.25, 0.3) is 5.56 Å². The molecule has 6 nitrogen and oxygen atoms in total. The SMILES string of the molecule is C=C1CN(c2ccc3[nH]c(-c4c5cccccc-5[nH]c4=O)nc3c2)CCN1. The number of anilines is 1. The zero-order chi connectivity index (χ0) is 18.4. The van der Waals surface area contributed by atoms with Crippen molar-refractivity contribution in [3.63, 3.8) is 0 Å². The molecule has 1 aliphatic carbocycles. The van der Waals surface area contributed by atoms with Crippen LogP contribution < -0.4 is 15.8 Å². The van der Waals surface area contributed by atoms with Crippen LogP contribution in [-0.2, 0) is 0 Å². The van der Waals surface area contributed by atoms with Gasteiger partial charge in [-0.2, -0.15) is 0 Å². The molecule has 27 heavy (non-hydrogen) atoms. The smallest absolute Gasteiger partial charge is 0.260 e. The van der Waals surface area contributed by atoms with E-state index in [1.54, 1.807) is 0 Å². The van der Waals surface area contributed by atoms with Crippen molar-refractivity contribution in [2.24, 2.45) is 0 Å². The molecular formula is C21H19N5O. The first-order valence-electron chi connectivity index (χ1n) is 8.97. The third-order valence-corrected chi connectivity index (χ3v) is 4.99. The zero-order valence-corrected chi connectivity index (χ0v) is 14.7. The van der Waals surface area contributed by atoms with Gasteiger partial charge in [0.1, 0.15) is 5.82 Å². The minimum Gasteiger partial charge on any atom is -0.386 e. The molecule has 2 aromatic rings. The van der Waals surface area contributed by atoms with Crippen LogP contribution in [0.25, 0.3) is 33.7 Å². The summed E-state index contributed by atoms with van der Waals surface area (Å²) in [5.41, 5.74) is 6.01. The molecule has 0 spiro atoms. The van der Waals surface area contributed by atoms with E-state index in [-0.39, 0.29) is 5.56 Å². The number of aromatic amines is 2. The van der Waals surface area contributed by atoms with Crippen LogP contribution in [0.4, 0.5) is 5.69 Å². The van der Waals surface area contributed by atoms with E-state index in [2.05, 4.69) is 38.9 Å². The molecule has 2 aliphatic heterocycles. The molecule has 5 rings (SSSR count). The van der Waals surface area contributed by atoms with Crippen LogP contribution in [0.15, 0.2) is 65.6 Å². The van der Waals surface area contributed by atoms with Crippen molar-refractivity contribution in [1.82, 2.24) is 20.3 Å². The number of benzene rings is 1. The highest BCUT2D eigenvalue weighted by molar-refractivity contribution is 5.87. The van der Waals surface area contributed by atoms with Crippen LogP contribution in [-0.4, -0.2) is 34.6 Å². The van der Waals surface area contributed by atoms with E-state index in [0.29, 0.717) is 11.4 Å². The second-order valence-electron chi connectivity index (χ2n) is 6.81. The normalized spacial score (nSPS) is 14.7. The van der Waals surface area contributed by atoms with E-state index in [1.165, 1.54) is 0 Å². The van der Waals surface area contributed by atoms with Crippen LogP contribution in [0.3, 0.4) is 0 Å². The summed E-state index contributed by atoms with van der Waals surface area (Å²) in [6.07, 6.45) is 0. The van der Waals surface area contributed by atoms with E-state index in [9.17, 15) is 4.79 Å². The average Bonchev–Trinajstić information content (AvgIpc) is 3.13. The molecule has 1 fully saturated rings. The van der Waals surface area contributed by atoms with Gasteiger partial charge in [0.15, 0.2) is 0 Å². The van der Waals surface area contributed by atoms with Gasteiger partial charge in [-0.05, 0) is 24.3 Å². The van der Waals surface area contributed by atoms with E-state index in [0.717, 1.165) is 53.3 Å². The van der Waals surface area contributed by atoms with Crippen molar-refractivity contribution in [3.8, 4) is 22.6 Å². The van der Waals surface area contributed by atoms with E-state index < -0.39 is 0 Å². The fourth-order valence-corrected chi connectivity index (χ4v) is 3.68. The second-order valence-corrected chi connectivity index (χ2v) is 6.81. The largest absolute Gasteiger partial charge is 0.386 e. The Balaban J connectivity index is 1.60. The molecule has 1 aromatic heterocycles. The van der Waals surface area contributed by atoms with E-state index in [1.807, 2.05) is 36.4 Å². The highest BCUT2D eigenvalue weighted by Gasteiger charge is 2.19. The molecule has 3 aliphatic rings. The molecule has 0 unspecified atom stereocenters. The third-order valence-electron chi connectivity index (χ3n) is 4.99. The Hall–Kier alpha value is -3.54. The number of imidazole rings is 1. The summed E-state index contributed by atoms with van der Waals surface area (Å²) in [5, 5.41) is 3.27. The maximum atomic E-state index is 12.5. The molecule has 0 radical (unpaired) electrons. The van der Waals surface area contributed by atoms with Gasteiger partial charge in [-0.15, -0.1) is 0 Å². The van der Waals surface area contributed by atoms with Crippen molar-refractivity contribution >= 4 is 16.7 Å². The van der Waals surface area contributed by atoms with Gasteiger partial charge in [-0.3, -0.25) is 4.79 Å². The fourth-order valence-electron chi connectivity index (χ4n) is 3.68. The Bertz CT molecular complexity index is 1190. The number of rotatable bonds is 2. The maximum absolute atomic E-state index is 12.5. The summed E-state index contributed by atoms with van der Waals surface area (Å²) in [5.74, 6) is 0.592. The van der Waals surface area contributed by atoms with Crippen LogP contribution in [0.5, 0.6) is 0 Å². The lowest BCUT2D eigenvalue weighted by Crippen LogP contribution is -2.41. The third kappa shape index (κ3) is 2.66. The maximum Gasteiger partial charge on any atom is 0.260 e. The summed E-state index contributed by atoms with van der Waals surface area (Å²) in [6, 6.07) is 15.8. The van der Waals surface area contributed by atoms with Crippen LogP contribution >= 0.6 is 0 Å². The molecule has 3 N–H and O–H groups in total. The van der Waals surface area contributed by atoms with Gasteiger partial charge in [0.05, 0.1) is 23.1 Å². The Kier molecular flexibility index (Phi) is 3.50. The first-order valence-corrected chi connectivity index (χ1v) is 8.97. The van der Waals surface area contributed by atoms with Gasteiger partial charge in [-0.1, -0.05) is 30.8 Å². The highest BCUT2D eigenvalue weighted by atomic mass is 16.1. The summed E-state index contributed by atoms with van der Waals surface area (Å²) >= 11 is 0. The molecule has 1 saturated heterocycles. The van der Waals surface area contributed by atoms with Gasteiger partial charge in [0, 0.05) is 35.7 Å². The van der Waals surface area contributed by atoms with Crippen LogP contribution in [0, 0.1) is 0 Å². The first kappa shape index (κ1) is 15.7. The molecule has 0 amide bonds. The molecule has 0 atom stereocenters. The highest BCUT2D eigenvalue weighted by Crippen LogP contribution is 2.30. The minimum absolute atomic E-state index is 0.131. The average molecular weight is 357 g/mol. The van der Waals surface area contributed by atoms with E-state index >= 15 is 0 Å². The van der Waals surface area contributed by atoms with Crippen molar-refractivity contribution in [1.29, 1.82) is 0 Å². The Labute approximate surface area is 155 Å². The number of hydrogen-bond donors (Lipinski definition) is 3. The summed E-state index contributed by atoms with van der Waals surface area (Å²) in [6.45, 7) is 6.61. The van der Waals surface area contributed by atoms with Gasteiger partial charge < -0.3 is 20.2 Å². The number of aromatic nitrogens is 3. The standard InChI is InChI=1S/C21H19N5O/c1-13-12-26(10-9-22-13)14-7-8-17-18(11-14)24-20(23-17)19-15-5-3-2-4-6-16(15)25-21(19)27/h2-8,11,22H,1,9-10,12H2,(H,23,24)(H,25,27). The molecule has 1 aromatic carbocycles. The van der Waals surface area contributed by atoms with Crippen LogP contribution in [0.2, 0.25) is 0 Å². The van der Waals surface area contributed by atoms with Gasteiger partial charge >= 0.3 is 0 Å². The fraction of sp³-hybridized carbons (Fsp3) is 0.143. The Morgan fingerprint density at radius 2 is 1.96 bits per heavy atom. The predicted molar refractivity (Wildman–Crippen MR) is 108 cm³/mol. The summed E-state index contributed by atoms with van der Waals surface area (Å²) in [7, 11) is 0. The monoisotopic (exact) mass is 357 g/mol. The topological polar surface area (TPSA) is 76.8 Å². The molecule has 6 heteroatoms. The lowest BCUT2D eigenvalue weighted by Gasteiger charge is -2.31. The van der Waals surface area contributed by atoms with Crippen molar-refractivity contribution < 1.29 is 0 Å².